The summed E-state index contributed by atoms with van der Waals surface area (Å²) in [7, 11) is -3.18. The van der Waals surface area contributed by atoms with Crippen LogP contribution in [0.5, 0.6) is 0 Å². The molecule has 1 unspecified atom stereocenters. The van der Waals surface area contributed by atoms with Crippen molar-refractivity contribution in [1.82, 2.24) is 14.7 Å². The van der Waals surface area contributed by atoms with Crippen molar-refractivity contribution in [1.29, 1.82) is 0 Å². The first kappa shape index (κ1) is 26.1. The first-order chi connectivity index (χ1) is 17.8. The van der Waals surface area contributed by atoms with Gasteiger partial charge in [0.15, 0.2) is 9.84 Å². The van der Waals surface area contributed by atoms with Gasteiger partial charge in [-0.3, -0.25) is 4.68 Å². The summed E-state index contributed by atoms with van der Waals surface area (Å²) in [4.78, 5) is 2.97. The van der Waals surface area contributed by atoms with Gasteiger partial charge in [-0.1, -0.05) is 30.7 Å². The number of sulfone groups is 1. The van der Waals surface area contributed by atoms with E-state index in [0.717, 1.165) is 50.3 Å². The van der Waals surface area contributed by atoms with Gasteiger partial charge in [0.25, 0.3) is 0 Å². The number of aromatic nitrogens is 2. The number of hydrogen-bond donors (Lipinski definition) is 0. The lowest BCUT2D eigenvalue weighted by atomic mass is 9.87. The van der Waals surface area contributed by atoms with Crippen molar-refractivity contribution in [2.24, 2.45) is 5.92 Å². The van der Waals surface area contributed by atoms with Crippen LogP contribution in [0.1, 0.15) is 73.4 Å². The molecule has 0 amide bonds. The molecule has 2 atom stereocenters. The van der Waals surface area contributed by atoms with Gasteiger partial charge in [-0.25, -0.2) is 12.8 Å². The maximum atomic E-state index is 13.8. The molecule has 1 saturated heterocycles. The average Bonchev–Trinajstić information content (AvgIpc) is 3.51. The van der Waals surface area contributed by atoms with E-state index in [1.54, 1.807) is 24.3 Å². The van der Waals surface area contributed by atoms with E-state index < -0.39 is 9.84 Å². The highest BCUT2D eigenvalue weighted by Crippen LogP contribution is 2.41. The fourth-order valence-electron chi connectivity index (χ4n) is 6.39. The van der Waals surface area contributed by atoms with Crippen LogP contribution in [0.2, 0.25) is 0 Å². The molecule has 3 aromatic rings. The molecule has 1 aromatic heterocycles. The Balaban J connectivity index is 1.20. The minimum atomic E-state index is -3.18. The second-order valence-electron chi connectivity index (χ2n) is 10.9. The van der Waals surface area contributed by atoms with Crippen LogP contribution in [-0.4, -0.2) is 49.0 Å². The van der Waals surface area contributed by atoms with Gasteiger partial charge >= 0.3 is 0 Å². The Morgan fingerprint density at radius 1 is 1.00 bits per heavy atom. The van der Waals surface area contributed by atoms with Gasteiger partial charge < -0.3 is 4.90 Å². The van der Waals surface area contributed by atoms with Crippen LogP contribution in [0.4, 0.5) is 4.39 Å². The maximum Gasteiger partial charge on any atom is 0.175 e. The first-order valence-electron chi connectivity index (χ1n) is 13.6. The fourth-order valence-corrected chi connectivity index (χ4v) is 7.02. The highest BCUT2D eigenvalue weighted by atomic mass is 32.2. The molecule has 1 aliphatic carbocycles. The second-order valence-corrected chi connectivity index (χ2v) is 12.9. The predicted octanol–water partition coefficient (Wildman–Crippen LogP) is 5.80. The average molecular weight is 524 g/mol. The highest BCUT2D eigenvalue weighted by Gasteiger charge is 2.32. The minimum absolute atomic E-state index is 0.123. The summed E-state index contributed by atoms with van der Waals surface area (Å²) in [6.07, 6.45) is 7.83. The zero-order chi connectivity index (χ0) is 26.0. The Hall–Kier alpha value is -2.51. The zero-order valence-electron chi connectivity index (χ0n) is 21.9. The van der Waals surface area contributed by atoms with Gasteiger partial charge in [-0.05, 0) is 99.0 Å². The SMILES string of the molecule is CCn1nc(Cc2ccc(S(C)(=O)=O)cc2)cc1C1CCN(CC2CCC[C@@H]2c2cccc(F)c2)CC1. The molecule has 0 radical (unpaired) electrons. The minimum Gasteiger partial charge on any atom is -0.303 e. The number of likely N-dealkylation sites (tertiary alicyclic amines) is 1. The van der Waals surface area contributed by atoms with Crippen LogP contribution in [0.25, 0.3) is 0 Å². The van der Waals surface area contributed by atoms with Gasteiger partial charge in [0.1, 0.15) is 5.82 Å². The van der Waals surface area contributed by atoms with Crippen molar-refractivity contribution >= 4 is 9.84 Å². The molecule has 0 N–H and O–H groups in total. The molecule has 5 rings (SSSR count). The van der Waals surface area contributed by atoms with Crippen molar-refractivity contribution < 1.29 is 12.8 Å². The molecule has 2 aromatic carbocycles. The van der Waals surface area contributed by atoms with Crippen molar-refractivity contribution in [3.63, 3.8) is 0 Å². The molecule has 0 spiro atoms. The lowest BCUT2D eigenvalue weighted by molar-refractivity contribution is 0.175. The van der Waals surface area contributed by atoms with E-state index in [2.05, 4.69) is 28.6 Å². The maximum absolute atomic E-state index is 13.8. The number of piperidine rings is 1. The van der Waals surface area contributed by atoms with Crippen molar-refractivity contribution in [3.05, 3.63) is 82.9 Å². The van der Waals surface area contributed by atoms with Crippen LogP contribution in [0.15, 0.2) is 59.5 Å². The van der Waals surface area contributed by atoms with E-state index in [1.165, 1.54) is 36.8 Å². The normalized spacial score (nSPS) is 21.5. The summed E-state index contributed by atoms with van der Waals surface area (Å²) in [5, 5.41) is 4.88. The molecule has 37 heavy (non-hydrogen) atoms. The van der Waals surface area contributed by atoms with Crippen molar-refractivity contribution in [2.45, 2.75) is 68.7 Å². The van der Waals surface area contributed by atoms with E-state index in [0.29, 0.717) is 29.1 Å². The third-order valence-electron chi connectivity index (χ3n) is 8.33. The zero-order valence-corrected chi connectivity index (χ0v) is 22.8. The summed E-state index contributed by atoms with van der Waals surface area (Å²) in [6.45, 7) is 6.28. The Morgan fingerprint density at radius 2 is 1.76 bits per heavy atom. The predicted molar refractivity (Wildman–Crippen MR) is 145 cm³/mol. The molecular formula is C30H38FN3O2S. The molecule has 0 bridgehead atoms. The summed E-state index contributed by atoms with van der Waals surface area (Å²) >= 11 is 0. The van der Waals surface area contributed by atoms with Crippen LogP contribution in [0.3, 0.4) is 0 Å². The Morgan fingerprint density at radius 3 is 2.43 bits per heavy atom. The fraction of sp³-hybridized carbons (Fsp3) is 0.500. The van der Waals surface area contributed by atoms with E-state index >= 15 is 0 Å². The quantitative estimate of drug-likeness (QED) is 0.375. The second kappa shape index (κ2) is 11.1. The van der Waals surface area contributed by atoms with Crippen molar-refractivity contribution in [3.8, 4) is 0 Å². The highest BCUT2D eigenvalue weighted by molar-refractivity contribution is 7.90. The summed E-state index contributed by atoms with van der Waals surface area (Å²) in [5.74, 6) is 1.47. The van der Waals surface area contributed by atoms with E-state index in [-0.39, 0.29) is 5.82 Å². The number of rotatable bonds is 8. The monoisotopic (exact) mass is 523 g/mol. The standard InChI is InChI=1S/C30H38FN3O2S/c1-3-34-30(20-27(32-34)18-22-10-12-28(13-11-22)37(2,35)36)23-14-16-33(17-15-23)21-25-7-5-9-29(25)24-6-4-8-26(31)19-24/h4,6,8,10-13,19-20,23,25,29H,3,5,7,9,14-18,21H2,1-2H3/t25?,29-/m1/s1. The lowest BCUT2D eigenvalue weighted by Gasteiger charge is -2.35. The number of nitrogens with zero attached hydrogens (tertiary/aromatic N) is 3. The number of aryl methyl sites for hydroxylation is 1. The molecule has 2 heterocycles. The molecule has 1 aliphatic heterocycles. The number of benzene rings is 2. The number of halogens is 1. The van der Waals surface area contributed by atoms with E-state index in [4.69, 9.17) is 5.10 Å². The van der Waals surface area contributed by atoms with Crippen molar-refractivity contribution in [2.75, 3.05) is 25.9 Å². The smallest absolute Gasteiger partial charge is 0.175 e. The summed E-state index contributed by atoms with van der Waals surface area (Å²) in [6, 6.07) is 16.6. The summed E-state index contributed by atoms with van der Waals surface area (Å²) in [5.41, 5.74) is 4.60. The first-order valence-corrected chi connectivity index (χ1v) is 15.5. The summed E-state index contributed by atoms with van der Waals surface area (Å²) < 4.78 is 39.5. The van der Waals surface area contributed by atoms with Gasteiger partial charge in [-0.15, -0.1) is 0 Å². The molecular weight excluding hydrogens is 485 g/mol. The molecule has 1 saturated carbocycles. The van der Waals surface area contributed by atoms with E-state index in [9.17, 15) is 12.8 Å². The third-order valence-corrected chi connectivity index (χ3v) is 9.46. The van der Waals surface area contributed by atoms with Gasteiger partial charge in [0, 0.05) is 37.4 Å². The topological polar surface area (TPSA) is 55.2 Å². The van der Waals surface area contributed by atoms with Crippen LogP contribution in [0, 0.1) is 11.7 Å². The Kier molecular flexibility index (Phi) is 7.82. The lowest BCUT2D eigenvalue weighted by Crippen LogP contribution is -2.37. The molecule has 2 aliphatic rings. The van der Waals surface area contributed by atoms with Crippen LogP contribution >= 0.6 is 0 Å². The Bertz CT molecular complexity index is 1310. The molecule has 7 heteroatoms. The Labute approximate surface area is 220 Å². The van der Waals surface area contributed by atoms with Gasteiger partial charge in [0.05, 0.1) is 10.6 Å². The largest absolute Gasteiger partial charge is 0.303 e. The third kappa shape index (κ3) is 6.15. The van der Waals surface area contributed by atoms with E-state index in [1.807, 2.05) is 18.2 Å². The molecule has 2 fully saturated rings. The van der Waals surface area contributed by atoms with Gasteiger partial charge in [0.2, 0.25) is 0 Å². The molecule has 5 nitrogen and oxygen atoms in total. The van der Waals surface area contributed by atoms with Crippen LogP contribution in [-0.2, 0) is 22.8 Å². The number of hydrogen-bond acceptors (Lipinski definition) is 4. The van der Waals surface area contributed by atoms with Crippen LogP contribution < -0.4 is 0 Å². The van der Waals surface area contributed by atoms with Gasteiger partial charge in [-0.2, -0.15) is 5.10 Å². The molecule has 198 valence electrons.